The fourth-order valence-corrected chi connectivity index (χ4v) is 5.92. The molecule has 0 unspecified atom stereocenters. The number of sulfonamides is 1. The smallest absolute Gasteiger partial charge is 0.224 e. The van der Waals surface area contributed by atoms with Gasteiger partial charge in [-0.05, 0) is 46.9 Å². The lowest BCUT2D eigenvalue weighted by Gasteiger charge is -2.31. The van der Waals surface area contributed by atoms with Gasteiger partial charge in [0, 0.05) is 24.7 Å². The molecule has 0 aromatic heterocycles. The Kier molecular flexibility index (Phi) is 6.60. The zero-order valence-electron chi connectivity index (χ0n) is 17.1. The molecule has 3 aromatic rings. The van der Waals surface area contributed by atoms with Crippen molar-refractivity contribution >= 4 is 38.3 Å². The number of benzene rings is 3. The largest absolute Gasteiger partial charge is 0.352 e. The molecule has 1 amide bonds. The fraction of sp³-hybridized carbons (Fsp3) is 0.292. The Morgan fingerprint density at radius 2 is 1.84 bits per heavy atom. The normalized spacial score (nSPS) is 17.5. The van der Waals surface area contributed by atoms with Crippen LogP contribution in [0.4, 0.5) is 0 Å². The predicted molar refractivity (Wildman–Crippen MR) is 124 cm³/mol. The SMILES string of the molecule is O=C(NCc1cccc2ccccc12)[C@H]1CCCN(S(=O)(=O)Cc2cccc(Cl)c2)C1. The summed E-state index contributed by atoms with van der Waals surface area (Å²) in [5, 5.41) is 5.76. The second kappa shape index (κ2) is 9.39. The zero-order valence-corrected chi connectivity index (χ0v) is 18.7. The highest BCUT2D eigenvalue weighted by molar-refractivity contribution is 7.88. The number of nitrogens with one attached hydrogen (secondary N) is 1. The third kappa shape index (κ3) is 5.26. The first kappa shape index (κ1) is 21.8. The van der Waals surface area contributed by atoms with Crippen molar-refractivity contribution in [2.45, 2.75) is 25.1 Å². The number of hydrogen-bond donors (Lipinski definition) is 1. The maximum Gasteiger partial charge on any atom is 0.224 e. The van der Waals surface area contributed by atoms with Gasteiger partial charge in [-0.25, -0.2) is 12.7 Å². The zero-order chi connectivity index (χ0) is 21.8. The van der Waals surface area contributed by atoms with Gasteiger partial charge in [-0.1, -0.05) is 66.2 Å². The van der Waals surface area contributed by atoms with Crippen LogP contribution in [-0.4, -0.2) is 31.7 Å². The number of fused-ring (bicyclic) bond motifs is 1. The lowest BCUT2D eigenvalue weighted by molar-refractivity contribution is -0.126. The third-order valence-corrected chi connectivity index (χ3v) is 7.77. The number of carbonyl (C=O) groups excluding carboxylic acids is 1. The monoisotopic (exact) mass is 456 g/mol. The summed E-state index contributed by atoms with van der Waals surface area (Å²) in [5.41, 5.74) is 1.70. The van der Waals surface area contributed by atoms with Gasteiger partial charge in [0.05, 0.1) is 11.7 Å². The summed E-state index contributed by atoms with van der Waals surface area (Å²) in [7, 11) is -3.52. The first-order valence-corrected chi connectivity index (χ1v) is 12.4. The predicted octanol–water partition coefficient (Wildman–Crippen LogP) is 4.35. The summed E-state index contributed by atoms with van der Waals surface area (Å²) in [6.07, 6.45) is 1.35. The molecule has 0 saturated carbocycles. The third-order valence-electron chi connectivity index (χ3n) is 5.72. The Bertz CT molecular complexity index is 1190. The van der Waals surface area contributed by atoms with Gasteiger partial charge in [-0.3, -0.25) is 4.79 Å². The molecule has 1 N–H and O–H groups in total. The number of carbonyl (C=O) groups is 1. The maximum absolute atomic E-state index is 12.9. The van der Waals surface area contributed by atoms with Crippen LogP contribution in [0.5, 0.6) is 0 Å². The quantitative estimate of drug-likeness (QED) is 0.599. The Hall–Kier alpha value is -2.41. The average Bonchev–Trinajstić information content (AvgIpc) is 2.77. The van der Waals surface area contributed by atoms with Gasteiger partial charge >= 0.3 is 0 Å². The van der Waals surface area contributed by atoms with E-state index in [1.165, 1.54) is 4.31 Å². The number of hydrogen-bond acceptors (Lipinski definition) is 3. The number of nitrogens with zero attached hydrogens (tertiary/aromatic N) is 1. The van der Waals surface area contributed by atoms with Gasteiger partial charge < -0.3 is 5.32 Å². The van der Waals surface area contributed by atoms with Crippen LogP contribution in [0.3, 0.4) is 0 Å². The molecule has 7 heteroatoms. The minimum atomic E-state index is -3.52. The van der Waals surface area contributed by atoms with E-state index in [0.717, 1.165) is 16.3 Å². The van der Waals surface area contributed by atoms with E-state index in [1.807, 2.05) is 42.5 Å². The van der Waals surface area contributed by atoms with E-state index in [0.29, 0.717) is 36.5 Å². The topological polar surface area (TPSA) is 66.5 Å². The molecule has 4 rings (SSSR count). The van der Waals surface area contributed by atoms with Gasteiger partial charge in [0.25, 0.3) is 0 Å². The van der Waals surface area contributed by atoms with Crippen molar-refractivity contribution in [2.75, 3.05) is 13.1 Å². The van der Waals surface area contributed by atoms with Gasteiger partial charge in [-0.2, -0.15) is 0 Å². The van der Waals surface area contributed by atoms with E-state index in [-0.39, 0.29) is 24.1 Å². The molecule has 0 spiro atoms. The molecule has 1 saturated heterocycles. The summed E-state index contributed by atoms with van der Waals surface area (Å²) in [4.78, 5) is 12.8. The van der Waals surface area contributed by atoms with Crippen LogP contribution in [0.2, 0.25) is 5.02 Å². The first-order valence-electron chi connectivity index (χ1n) is 10.4. The van der Waals surface area contributed by atoms with Crippen LogP contribution >= 0.6 is 11.6 Å². The molecule has 0 bridgehead atoms. The van der Waals surface area contributed by atoms with E-state index >= 15 is 0 Å². The van der Waals surface area contributed by atoms with Gasteiger partial charge in [0.1, 0.15) is 0 Å². The molecular weight excluding hydrogens is 432 g/mol. The lowest BCUT2D eigenvalue weighted by atomic mass is 9.98. The van der Waals surface area contributed by atoms with Crippen molar-refractivity contribution in [3.63, 3.8) is 0 Å². The van der Waals surface area contributed by atoms with Crippen molar-refractivity contribution in [1.82, 2.24) is 9.62 Å². The number of amides is 1. The minimum Gasteiger partial charge on any atom is -0.352 e. The van der Waals surface area contributed by atoms with Crippen LogP contribution in [0, 0.1) is 5.92 Å². The lowest BCUT2D eigenvalue weighted by Crippen LogP contribution is -2.45. The van der Waals surface area contributed by atoms with Crippen LogP contribution in [0.1, 0.15) is 24.0 Å². The highest BCUT2D eigenvalue weighted by Crippen LogP contribution is 2.23. The molecule has 1 heterocycles. The molecule has 3 aromatic carbocycles. The van der Waals surface area contributed by atoms with Crippen molar-refractivity contribution < 1.29 is 13.2 Å². The van der Waals surface area contributed by atoms with Crippen LogP contribution < -0.4 is 5.32 Å². The average molecular weight is 457 g/mol. The fourth-order valence-electron chi connectivity index (χ4n) is 4.11. The van der Waals surface area contributed by atoms with Crippen molar-refractivity contribution in [1.29, 1.82) is 0 Å². The second-order valence-electron chi connectivity index (χ2n) is 7.94. The molecular formula is C24H25ClN2O3S. The van der Waals surface area contributed by atoms with Gasteiger partial charge in [0.2, 0.25) is 15.9 Å². The second-order valence-corrected chi connectivity index (χ2v) is 10.3. The van der Waals surface area contributed by atoms with Crippen molar-refractivity contribution in [3.05, 3.63) is 82.9 Å². The highest BCUT2D eigenvalue weighted by Gasteiger charge is 2.32. The van der Waals surface area contributed by atoms with E-state index in [9.17, 15) is 13.2 Å². The Balaban J connectivity index is 1.40. The van der Waals surface area contributed by atoms with Crippen LogP contribution in [0.25, 0.3) is 10.8 Å². The molecule has 0 aliphatic carbocycles. The van der Waals surface area contributed by atoms with Gasteiger partial charge in [0.15, 0.2) is 0 Å². The summed E-state index contributed by atoms with van der Waals surface area (Å²) in [6.45, 7) is 1.08. The number of piperidine rings is 1. The summed E-state index contributed by atoms with van der Waals surface area (Å²) < 4.78 is 27.3. The molecule has 1 aliphatic rings. The highest BCUT2D eigenvalue weighted by atomic mass is 35.5. The Morgan fingerprint density at radius 1 is 1.06 bits per heavy atom. The molecule has 1 fully saturated rings. The van der Waals surface area contributed by atoms with Crippen LogP contribution in [0.15, 0.2) is 66.7 Å². The molecule has 162 valence electrons. The summed E-state index contributed by atoms with van der Waals surface area (Å²) >= 11 is 5.98. The van der Waals surface area contributed by atoms with E-state index < -0.39 is 10.0 Å². The van der Waals surface area contributed by atoms with Gasteiger partial charge in [-0.15, -0.1) is 0 Å². The molecule has 1 atom stereocenters. The Morgan fingerprint density at radius 3 is 2.68 bits per heavy atom. The van der Waals surface area contributed by atoms with E-state index in [1.54, 1.807) is 24.3 Å². The molecule has 31 heavy (non-hydrogen) atoms. The van der Waals surface area contributed by atoms with Crippen LogP contribution in [-0.2, 0) is 27.1 Å². The standard InChI is InChI=1S/C24H25ClN2O3S/c25-22-11-3-6-18(14-22)17-31(29,30)27-13-5-10-21(16-27)24(28)26-15-20-9-4-8-19-7-1-2-12-23(19)20/h1-4,6-9,11-12,14,21H,5,10,13,15-17H2,(H,26,28)/t21-/m0/s1. The molecule has 0 radical (unpaired) electrons. The summed E-state index contributed by atoms with van der Waals surface area (Å²) in [5.74, 6) is -0.564. The number of halogens is 1. The van der Waals surface area contributed by atoms with Crippen molar-refractivity contribution in [2.24, 2.45) is 5.92 Å². The number of rotatable bonds is 6. The Labute approximate surface area is 188 Å². The van der Waals surface area contributed by atoms with Crippen molar-refractivity contribution in [3.8, 4) is 0 Å². The first-order chi connectivity index (χ1) is 14.9. The molecule has 1 aliphatic heterocycles. The van der Waals surface area contributed by atoms with E-state index in [4.69, 9.17) is 11.6 Å². The van der Waals surface area contributed by atoms with E-state index in [2.05, 4.69) is 5.32 Å². The molecule has 5 nitrogen and oxygen atoms in total. The minimum absolute atomic E-state index is 0.101. The maximum atomic E-state index is 12.9. The summed E-state index contributed by atoms with van der Waals surface area (Å²) in [6, 6.07) is 21.0.